The minimum atomic E-state index is -0.709. The summed E-state index contributed by atoms with van der Waals surface area (Å²) in [5.74, 6) is 1.13. The maximum Gasteiger partial charge on any atom is 0.306 e. The van der Waals surface area contributed by atoms with Gasteiger partial charge in [-0.05, 0) is 43.9 Å². The maximum atomic E-state index is 12.2. The number of carbonyl (C=O) groups excluding carboxylic acids is 1. The van der Waals surface area contributed by atoms with Crippen LogP contribution in [0.2, 0.25) is 0 Å². The lowest BCUT2D eigenvalue weighted by Gasteiger charge is -2.30. The van der Waals surface area contributed by atoms with Crippen LogP contribution in [0.25, 0.3) is 0 Å². The summed E-state index contributed by atoms with van der Waals surface area (Å²) < 4.78 is 0. The summed E-state index contributed by atoms with van der Waals surface area (Å²) in [4.78, 5) is 24.9. The fourth-order valence-corrected chi connectivity index (χ4v) is 3.13. The molecule has 2 saturated carbocycles. The van der Waals surface area contributed by atoms with Crippen molar-refractivity contribution in [3.05, 3.63) is 0 Å². The van der Waals surface area contributed by atoms with Crippen LogP contribution in [0.1, 0.15) is 32.1 Å². The average Bonchev–Trinajstić information content (AvgIpc) is 3.16. The normalized spacial score (nSPS) is 33.5. The van der Waals surface area contributed by atoms with E-state index in [9.17, 15) is 9.59 Å². The topological polar surface area (TPSA) is 57.6 Å². The van der Waals surface area contributed by atoms with E-state index in [2.05, 4.69) is 0 Å². The highest BCUT2D eigenvalue weighted by Crippen LogP contribution is 2.55. The first-order valence-corrected chi connectivity index (χ1v) is 6.68. The lowest BCUT2D eigenvalue weighted by molar-refractivity contribution is -0.146. The number of piperidine rings is 1. The molecule has 1 N–H and O–H groups in total. The number of carboxylic acid groups (broad SMARTS) is 1. The van der Waals surface area contributed by atoms with Crippen LogP contribution in [-0.4, -0.2) is 35.0 Å². The van der Waals surface area contributed by atoms with E-state index < -0.39 is 5.97 Å². The Balaban J connectivity index is 1.49. The molecule has 0 aromatic rings. The number of carbonyl (C=O) groups is 2. The first-order chi connectivity index (χ1) is 8.16. The van der Waals surface area contributed by atoms with Crippen molar-refractivity contribution in [3.8, 4) is 0 Å². The van der Waals surface area contributed by atoms with Crippen LogP contribution < -0.4 is 0 Å². The zero-order chi connectivity index (χ0) is 12.0. The fourth-order valence-electron chi connectivity index (χ4n) is 3.13. The highest BCUT2D eigenvalue weighted by Gasteiger charge is 2.52. The molecule has 2 atom stereocenters. The SMILES string of the molecule is O=C(O)C1CCN(C(=O)C2CC2C2CC2)CC1. The van der Waals surface area contributed by atoms with E-state index in [1.54, 1.807) is 0 Å². The highest BCUT2D eigenvalue weighted by molar-refractivity contribution is 5.82. The molecule has 1 heterocycles. The Kier molecular flexibility index (Phi) is 2.60. The minimum absolute atomic E-state index is 0.238. The van der Waals surface area contributed by atoms with Gasteiger partial charge in [-0.15, -0.1) is 0 Å². The van der Waals surface area contributed by atoms with Gasteiger partial charge in [0, 0.05) is 19.0 Å². The van der Waals surface area contributed by atoms with E-state index in [4.69, 9.17) is 5.11 Å². The van der Waals surface area contributed by atoms with Crippen LogP contribution in [0.5, 0.6) is 0 Å². The number of carboxylic acids is 1. The summed E-state index contributed by atoms with van der Waals surface area (Å²) in [6, 6.07) is 0. The van der Waals surface area contributed by atoms with Gasteiger partial charge in [-0.1, -0.05) is 0 Å². The van der Waals surface area contributed by atoms with Crippen LogP contribution >= 0.6 is 0 Å². The number of likely N-dealkylation sites (tertiary alicyclic amines) is 1. The number of rotatable bonds is 3. The van der Waals surface area contributed by atoms with Gasteiger partial charge in [0.1, 0.15) is 0 Å². The van der Waals surface area contributed by atoms with Crippen LogP contribution in [0.3, 0.4) is 0 Å². The molecule has 0 radical (unpaired) electrons. The first-order valence-electron chi connectivity index (χ1n) is 6.68. The average molecular weight is 237 g/mol. The Hall–Kier alpha value is -1.06. The molecule has 3 fully saturated rings. The Bertz CT molecular complexity index is 343. The Morgan fingerprint density at radius 2 is 1.71 bits per heavy atom. The third kappa shape index (κ3) is 2.17. The molecular formula is C13H19NO3. The van der Waals surface area contributed by atoms with Crippen molar-refractivity contribution in [2.24, 2.45) is 23.7 Å². The molecule has 17 heavy (non-hydrogen) atoms. The van der Waals surface area contributed by atoms with E-state index in [0.29, 0.717) is 37.8 Å². The lowest BCUT2D eigenvalue weighted by Crippen LogP contribution is -2.41. The molecule has 94 valence electrons. The predicted molar refractivity (Wildman–Crippen MR) is 61.3 cm³/mol. The van der Waals surface area contributed by atoms with E-state index >= 15 is 0 Å². The Morgan fingerprint density at radius 3 is 2.24 bits per heavy atom. The first kappa shape index (κ1) is 11.1. The van der Waals surface area contributed by atoms with Gasteiger partial charge in [0.15, 0.2) is 0 Å². The van der Waals surface area contributed by atoms with Crippen molar-refractivity contribution >= 4 is 11.9 Å². The third-order valence-electron chi connectivity index (χ3n) is 4.54. The van der Waals surface area contributed by atoms with Gasteiger partial charge in [0.05, 0.1) is 5.92 Å². The Morgan fingerprint density at radius 1 is 1.06 bits per heavy atom. The molecule has 3 aliphatic rings. The Labute approximate surface area is 101 Å². The third-order valence-corrected chi connectivity index (χ3v) is 4.54. The van der Waals surface area contributed by atoms with Gasteiger partial charge < -0.3 is 10.0 Å². The molecule has 1 amide bonds. The molecule has 2 unspecified atom stereocenters. The van der Waals surface area contributed by atoms with Crippen molar-refractivity contribution in [3.63, 3.8) is 0 Å². The molecular weight excluding hydrogens is 218 g/mol. The molecule has 4 nitrogen and oxygen atoms in total. The second kappa shape index (κ2) is 4.00. The van der Waals surface area contributed by atoms with Crippen molar-refractivity contribution in [2.75, 3.05) is 13.1 Å². The minimum Gasteiger partial charge on any atom is -0.481 e. The van der Waals surface area contributed by atoms with Gasteiger partial charge in [-0.25, -0.2) is 0 Å². The summed E-state index contributed by atoms with van der Waals surface area (Å²) in [5, 5.41) is 8.90. The standard InChI is InChI=1S/C13H19NO3/c15-12(11-7-10(11)8-1-2-8)14-5-3-9(4-6-14)13(16)17/h8-11H,1-7H2,(H,16,17). The number of amides is 1. The van der Waals surface area contributed by atoms with Gasteiger partial charge >= 0.3 is 5.97 Å². The number of nitrogens with zero attached hydrogens (tertiary/aromatic N) is 1. The summed E-state index contributed by atoms with van der Waals surface area (Å²) in [6.45, 7) is 1.29. The smallest absolute Gasteiger partial charge is 0.306 e. The van der Waals surface area contributed by atoms with Crippen molar-refractivity contribution in [1.82, 2.24) is 4.90 Å². The van der Waals surface area contributed by atoms with E-state index in [0.717, 1.165) is 12.3 Å². The highest BCUT2D eigenvalue weighted by atomic mass is 16.4. The molecule has 0 aromatic heterocycles. The van der Waals surface area contributed by atoms with Crippen molar-refractivity contribution in [2.45, 2.75) is 32.1 Å². The largest absolute Gasteiger partial charge is 0.481 e. The lowest BCUT2D eigenvalue weighted by atomic mass is 9.97. The second-order valence-corrected chi connectivity index (χ2v) is 5.78. The molecule has 0 aromatic carbocycles. The molecule has 1 aliphatic heterocycles. The molecule has 2 aliphatic carbocycles. The maximum absolute atomic E-state index is 12.2. The predicted octanol–water partition coefficient (Wildman–Crippen LogP) is 1.36. The van der Waals surface area contributed by atoms with Gasteiger partial charge in [-0.3, -0.25) is 9.59 Å². The van der Waals surface area contributed by atoms with Crippen LogP contribution in [0.4, 0.5) is 0 Å². The van der Waals surface area contributed by atoms with Crippen molar-refractivity contribution < 1.29 is 14.7 Å². The summed E-state index contributed by atoms with van der Waals surface area (Å²) >= 11 is 0. The summed E-state index contributed by atoms with van der Waals surface area (Å²) in [6.07, 6.45) is 4.97. The number of hydrogen-bond acceptors (Lipinski definition) is 2. The van der Waals surface area contributed by atoms with Gasteiger partial charge in [-0.2, -0.15) is 0 Å². The van der Waals surface area contributed by atoms with Gasteiger partial charge in [0.25, 0.3) is 0 Å². The van der Waals surface area contributed by atoms with Crippen molar-refractivity contribution in [1.29, 1.82) is 0 Å². The monoisotopic (exact) mass is 237 g/mol. The van der Waals surface area contributed by atoms with Gasteiger partial charge in [0.2, 0.25) is 5.91 Å². The fraction of sp³-hybridized carbons (Fsp3) is 0.846. The zero-order valence-electron chi connectivity index (χ0n) is 9.97. The molecule has 4 heteroatoms. The van der Waals surface area contributed by atoms with Crippen LogP contribution in [0.15, 0.2) is 0 Å². The quantitative estimate of drug-likeness (QED) is 0.806. The van der Waals surface area contributed by atoms with E-state index in [1.807, 2.05) is 4.90 Å². The van der Waals surface area contributed by atoms with E-state index in [1.165, 1.54) is 12.8 Å². The number of hydrogen-bond donors (Lipinski definition) is 1. The molecule has 0 bridgehead atoms. The van der Waals surface area contributed by atoms with Crippen LogP contribution in [-0.2, 0) is 9.59 Å². The summed E-state index contributed by atoms with van der Waals surface area (Å²) in [7, 11) is 0. The summed E-state index contributed by atoms with van der Waals surface area (Å²) in [5.41, 5.74) is 0. The molecule has 0 spiro atoms. The second-order valence-electron chi connectivity index (χ2n) is 5.78. The molecule has 3 rings (SSSR count). The molecule has 1 saturated heterocycles. The van der Waals surface area contributed by atoms with Crippen LogP contribution in [0, 0.1) is 23.7 Å². The number of aliphatic carboxylic acids is 1. The van der Waals surface area contributed by atoms with E-state index in [-0.39, 0.29) is 11.8 Å². The zero-order valence-corrected chi connectivity index (χ0v) is 9.97.